The zero-order valence-electron chi connectivity index (χ0n) is 15.0. The standard InChI is InChI=1S/C20H25ClN2O2S/c1-2-25-11-8-20(24)22-13-18(15-3-5-17(21)6-4-15)23-10-7-19-16(14-23)9-12-26-19/h3-6,9,12,18H,2,7-8,10-11,13-14H2,1H3,(H,22,24). The largest absolute Gasteiger partial charge is 0.381 e. The van der Waals surface area contributed by atoms with Crippen LogP contribution in [-0.2, 0) is 22.5 Å². The molecule has 1 aromatic heterocycles. The van der Waals surface area contributed by atoms with Crippen LogP contribution in [0.15, 0.2) is 35.7 Å². The van der Waals surface area contributed by atoms with Gasteiger partial charge in [-0.05, 0) is 48.1 Å². The quantitative estimate of drug-likeness (QED) is 0.689. The SMILES string of the molecule is CCOCCC(=O)NCC(c1ccc(Cl)cc1)N1CCc2sccc2C1. The minimum absolute atomic E-state index is 0.0330. The molecule has 140 valence electrons. The third-order valence-electron chi connectivity index (χ3n) is 4.70. The zero-order valence-corrected chi connectivity index (χ0v) is 16.6. The Bertz CT molecular complexity index is 717. The zero-order chi connectivity index (χ0) is 18.4. The fourth-order valence-electron chi connectivity index (χ4n) is 3.29. The Morgan fingerprint density at radius 1 is 1.35 bits per heavy atom. The van der Waals surface area contributed by atoms with E-state index in [-0.39, 0.29) is 11.9 Å². The van der Waals surface area contributed by atoms with Crippen molar-refractivity contribution >= 4 is 28.8 Å². The van der Waals surface area contributed by atoms with E-state index in [1.807, 2.05) is 30.4 Å². The van der Waals surface area contributed by atoms with Crippen LogP contribution in [0.5, 0.6) is 0 Å². The molecule has 0 spiro atoms. The summed E-state index contributed by atoms with van der Waals surface area (Å²) in [5.41, 5.74) is 2.58. The lowest BCUT2D eigenvalue weighted by atomic mass is 10.0. The van der Waals surface area contributed by atoms with Crippen LogP contribution in [0.3, 0.4) is 0 Å². The summed E-state index contributed by atoms with van der Waals surface area (Å²) in [4.78, 5) is 16.0. The third kappa shape index (κ3) is 5.07. The lowest BCUT2D eigenvalue weighted by molar-refractivity contribution is -0.122. The van der Waals surface area contributed by atoms with Crippen LogP contribution in [0, 0.1) is 0 Å². The Morgan fingerprint density at radius 2 is 2.15 bits per heavy atom. The number of amides is 1. The van der Waals surface area contributed by atoms with Gasteiger partial charge in [-0.25, -0.2) is 0 Å². The van der Waals surface area contributed by atoms with Gasteiger partial charge in [0.1, 0.15) is 0 Å². The van der Waals surface area contributed by atoms with Gasteiger partial charge in [-0.2, -0.15) is 0 Å². The maximum Gasteiger partial charge on any atom is 0.222 e. The molecule has 1 unspecified atom stereocenters. The summed E-state index contributed by atoms with van der Waals surface area (Å²) < 4.78 is 5.27. The second-order valence-electron chi connectivity index (χ2n) is 6.41. The molecule has 1 aliphatic heterocycles. The fraction of sp³-hybridized carbons (Fsp3) is 0.450. The van der Waals surface area contributed by atoms with Gasteiger partial charge in [0.05, 0.1) is 12.6 Å². The van der Waals surface area contributed by atoms with Gasteiger partial charge in [0.2, 0.25) is 5.91 Å². The van der Waals surface area contributed by atoms with Gasteiger partial charge in [0, 0.05) is 42.6 Å². The van der Waals surface area contributed by atoms with E-state index >= 15 is 0 Å². The van der Waals surface area contributed by atoms with Gasteiger partial charge in [-0.3, -0.25) is 9.69 Å². The second-order valence-corrected chi connectivity index (χ2v) is 7.84. The highest BCUT2D eigenvalue weighted by atomic mass is 35.5. The van der Waals surface area contributed by atoms with Gasteiger partial charge in [0.15, 0.2) is 0 Å². The molecule has 0 saturated heterocycles. The third-order valence-corrected chi connectivity index (χ3v) is 5.98. The van der Waals surface area contributed by atoms with Crippen LogP contribution >= 0.6 is 22.9 Å². The maximum atomic E-state index is 12.1. The van der Waals surface area contributed by atoms with Crippen molar-refractivity contribution in [3.05, 3.63) is 56.7 Å². The number of carbonyl (C=O) groups excluding carboxylic acids is 1. The number of ether oxygens (including phenoxy) is 1. The summed E-state index contributed by atoms with van der Waals surface area (Å²) in [6.45, 7) is 5.54. The predicted octanol–water partition coefficient (Wildman–Crippen LogP) is 4.04. The van der Waals surface area contributed by atoms with E-state index in [9.17, 15) is 4.79 Å². The molecule has 1 N–H and O–H groups in total. The molecule has 4 nitrogen and oxygen atoms in total. The number of nitrogens with zero attached hydrogens (tertiary/aromatic N) is 1. The van der Waals surface area contributed by atoms with Crippen LogP contribution in [0.2, 0.25) is 5.02 Å². The molecule has 1 atom stereocenters. The number of hydrogen-bond acceptors (Lipinski definition) is 4. The molecule has 2 heterocycles. The van der Waals surface area contributed by atoms with Gasteiger partial charge < -0.3 is 10.1 Å². The van der Waals surface area contributed by atoms with Crippen LogP contribution < -0.4 is 5.32 Å². The average molecular weight is 393 g/mol. The predicted molar refractivity (Wildman–Crippen MR) is 107 cm³/mol. The number of nitrogens with one attached hydrogen (secondary N) is 1. The Hall–Kier alpha value is -1.40. The molecular weight excluding hydrogens is 368 g/mol. The lowest BCUT2D eigenvalue weighted by Gasteiger charge is -2.35. The number of benzene rings is 1. The highest BCUT2D eigenvalue weighted by Gasteiger charge is 2.25. The van der Waals surface area contributed by atoms with Gasteiger partial charge in [-0.15, -0.1) is 11.3 Å². The highest BCUT2D eigenvalue weighted by molar-refractivity contribution is 7.10. The summed E-state index contributed by atoms with van der Waals surface area (Å²) >= 11 is 7.90. The van der Waals surface area contributed by atoms with Crippen molar-refractivity contribution in [1.29, 1.82) is 0 Å². The molecule has 6 heteroatoms. The summed E-state index contributed by atoms with van der Waals surface area (Å²) in [5.74, 6) is 0.0330. The van der Waals surface area contributed by atoms with Crippen molar-refractivity contribution in [3.63, 3.8) is 0 Å². The molecule has 0 radical (unpaired) electrons. The number of carbonyl (C=O) groups is 1. The number of hydrogen-bond donors (Lipinski definition) is 1. The van der Waals surface area contributed by atoms with Gasteiger partial charge in [0.25, 0.3) is 0 Å². The Kier molecular flexibility index (Phi) is 7.08. The van der Waals surface area contributed by atoms with Crippen molar-refractivity contribution in [2.24, 2.45) is 0 Å². The fourth-order valence-corrected chi connectivity index (χ4v) is 4.30. The monoisotopic (exact) mass is 392 g/mol. The molecule has 0 bridgehead atoms. The topological polar surface area (TPSA) is 41.6 Å². The first-order valence-corrected chi connectivity index (χ1v) is 10.3. The summed E-state index contributed by atoms with van der Waals surface area (Å²) in [5, 5.41) is 5.98. The van der Waals surface area contributed by atoms with Crippen LogP contribution in [-0.4, -0.2) is 37.1 Å². The number of rotatable bonds is 8. The summed E-state index contributed by atoms with van der Waals surface area (Å²) in [6.07, 6.45) is 1.46. The maximum absolute atomic E-state index is 12.1. The van der Waals surface area contributed by atoms with Crippen LogP contribution in [0.1, 0.15) is 35.4 Å². The highest BCUT2D eigenvalue weighted by Crippen LogP contribution is 2.30. The molecular formula is C20H25ClN2O2S. The number of thiophene rings is 1. The lowest BCUT2D eigenvalue weighted by Crippen LogP contribution is -2.40. The molecule has 0 saturated carbocycles. The molecule has 26 heavy (non-hydrogen) atoms. The molecule has 0 aliphatic carbocycles. The van der Waals surface area contributed by atoms with Crippen LogP contribution in [0.4, 0.5) is 0 Å². The first-order chi connectivity index (χ1) is 12.7. The van der Waals surface area contributed by atoms with Gasteiger partial charge >= 0.3 is 0 Å². The Labute approximate surface area is 164 Å². The van der Waals surface area contributed by atoms with E-state index in [2.05, 4.69) is 33.8 Å². The van der Waals surface area contributed by atoms with E-state index in [1.54, 1.807) is 0 Å². The van der Waals surface area contributed by atoms with Crippen molar-refractivity contribution in [3.8, 4) is 0 Å². The Morgan fingerprint density at radius 3 is 2.92 bits per heavy atom. The molecule has 1 aromatic carbocycles. The smallest absolute Gasteiger partial charge is 0.222 e. The van der Waals surface area contributed by atoms with Crippen molar-refractivity contribution in [2.75, 3.05) is 26.3 Å². The van der Waals surface area contributed by atoms with E-state index < -0.39 is 0 Å². The van der Waals surface area contributed by atoms with E-state index in [1.165, 1.54) is 16.0 Å². The first-order valence-electron chi connectivity index (χ1n) is 9.06. The van der Waals surface area contributed by atoms with Gasteiger partial charge in [-0.1, -0.05) is 23.7 Å². The summed E-state index contributed by atoms with van der Waals surface area (Å²) in [7, 11) is 0. The Balaban J connectivity index is 1.68. The van der Waals surface area contributed by atoms with Crippen molar-refractivity contribution < 1.29 is 9.53 Å². The normalized spacial score (nSPS) is 15.5. The number of fused-ring (bicyclic) bond motifs is 1. The minimum atomic E-state index is 0.0330. The first kappa shape index (κ1) is 19.4. The molecule has 2 aromatic rings. The second kappa shape index (κ2) is 9.51. The van der Waals surface area contributed by atoms with Crippen molar-refractivity contribution in [1.82, 2.24) is 10.2 Å². The number of halogens is 1. The van der Waals surface area contributed by atoms with Crippen molar-refractivity contribution in [2.45, 2.75) is 32.4 Å². The average Bonchev–Trinajstić information content (AvgIpc) is 3.11. The molecule has 0 fully saturated rings. The summed E-state index contributed by atoms with van der Waals surface area (Å²) in [6, 6.07) is 10.3. The minimum Gasteiger partial charge on any atom is -0.381 e. The van der Waals surface area contributed by atoms with Crippen LogP contribution in [0.25, 0.3) is 0 Å². The molecule has 3 rings (SSSR count). The molecule has 1 aliphatic rings. The van der Waals surface area contributed by atoms with E-state index in [0.29, 0.717) is 26.2 Å². The van der Waals surface area contributed by atoms with E-state index in [0.717, 1.165) is 24.5 Å². The van der Waals surface area contributed by atoms with E-state index in [4.69, 9.17) is 16.3 Å². The molecule has 1 amide bonds.